The van der Waals surface area contributed by atoms with Crippen molar-refractivity contribution in [2.45, 2.75) is 19.9 Å². The van der Waals surface area contributed by atoms with Crippen molar-refractivity contribution in [2.24, 2.45) is 3.34 Å². The first-order valence-corrected chi connectivity index (χ1v) is 2.60. The van der Waals surface area contributed by atoms with Gasteiger partial charge < -0.3 is 14.9 Å². The summed E-state index contributed by atoms with van der Waals surface area (Å²) in [6.45, 7) is 4.14. The smallest absolute Gasteiger partial charge is 0.358 e. The van der Waals surface area contributed by atoms with Crippen LogP contribution in [0.1, 0.15) is 13.8 Å². The average Bonchev–Trinajstić information content (AvgIpc) is 1.38. The van der Waals surface area contributed by atoms with Gasteiger partial charge in [0.15, 0.2) is 0 Å². The molecule has 0 heterocycles. The molecule has 0 aliphatic rings. The second kappa shape index (κ2) is 9.74. The van der Waals surface area contributed by atoms with Crippen molar-refractivity contribution in [3.8, 4) is 0 Å². The summed E-state index contributed by atoms with van der Waals surface area (Å²) in [5.41, 5.74) is 0. The molecule has 0 unspecified atom stereocenters. The predicted molar refractivity (Wildman–Crippen MR) is 30.4 cm³/mol. The first kappa shape index (κ1) is 15.6. The molecule has 0 N–H and O–H groups in total. The molecular weight excluding hydrogens is 167 g/mol. The van der Waals surface area contributed by atoms with Crippen LogP contribution in [-0.2, 0) is 20.9 Å². The van der Waals surface area contributed by atoms with Gasteiger partial charge in [0.2, 0.25) is 0 Å². The molecule has 0 aliphatic carbocycles. The maximum atomic E-state index is 3.94. The van der Waals surface area contributed by atoms with Crippen molar-refractivity contribution >= 4 is 0 Å². The van der Waals surface area contributed by atoms with Gasteiger partial charge in [-0.1, -0.05) is 0 Å². The topological polar surface area (TPSA) is 12.4 Å². The van der Waals surface area contributed by atoms with E-state index in [4.69, 9.17) is 0 Å². The second-order valence-corrected chi connectivity index (χ2v) is 1.78. The van der Waals surface area contributed by atoms with E-state index in [9.17, 15) is 0 Å². The number of hydrogen-bond acceptors (Lipinski definition) is 1. The molecule has 0 atom stereocenters. The van der Waals surface area contributed by atoms with Crippen LogP contribution in [0.15, 0.2) is 3.34 Å². The Bertz CT molecular complexity index is 35.1. The van der Waals surface area contributed by atoms with Gasteiger partial charge in [0.1, 0.15) is 0 Å². The molecule has 0 aromatic rings. The summed E-state index contributed by atoms with van der Waals surface area (Å²) in [6, 6.07) is 0.531. The van der Waals surface area contributed by atoms with Crippen molar-refractivity contribution in [1.82, 2.24) is 0 Å². The maximum absolute atomic E-state index is 3.94. The predicted octanol–water partition coefficient (Wildman–Crippen LogP) is 2.03. The first-order valence-electron chi connectivity index (χ1n) is 1.61. The van der Waals surface area contributed by atoms with Crippen LogP contribution in [0.4, 0.5) is 0 Å². The van der Waals surface area contributed by atoms with E-state index in [0.29, 0.717) is 6.04 Å². The van der Waals surface area contributed by atoms with Gasteiger partial charge >= 0.3 is 44.1 Å². The van der Waals surface area contributed by atoms with Gasteiger partial charge in [-0.3, -0.25) is 0 Å². The molecule has 0 amide bonds. The molecular formula is C5H13NNb-2. The molecule has 45 valence electrons. The Morgan fingerprint density at radius 1 is 1.29 bits per heavy atom. The van der Waals surface area contributed by atoms with E-state index in [-0.39, 0.29) is 14.9 Å². The molecule has 1 nitrogen and oxygen atoms in total. The van der Waals surface area contributed by atoms with E-state index < -0.39 is 0 Å². The van der Waals surface area contributed by atoms with Crippen LogP contribution in [0.3, 0.4) is 0 Å². The molecule has 0 radical (unpaired) electrons. The zero-order chi connectivity index (χ0) is 4.28. The van der Waals surface area contributed by atoms with Gasteiger partial charge in [0, 0.05) is 0 Å². The van der Waals surface area contributed by atoms with Crippen LogP contribution in [0.5, 0.6) is 0 Å². The molecule has 0 rings (SSSR count). The number of hydrogen-bond donors (Lipinski definition) is 0. The van der Waals surface area contributed by atoms with Gasteiger partial charge in [-0.2, -0.15) is 0 Å². The molecule has 0 bridgehead atoms. The summed E-state index contributed by atoms with van der Waals surface area (Å²) < 4.78 is 3.94. The average molecular weight is 180 g/mol. The summed E-state index contributed by atoms with van der Waals surface area (Å²) in [6.07, 6.45) is 0. The monoisotopic (exact) mass is 180 g/mol. The van der Waals surface area contributed by atoms with Gasteiger partial charge in [0.05, 0.1) is 0 Å². The van der Waals surface area contributed by atoms with Crippen LogP contribution in [-0.4, -0.2) is 6.04 Å². The van der Waals surface area contributed by atoms with Crippen molar-refractivity contribution in [3.63, 3.8) is 0 Å². The third-order valence-electron chi connectivity index (χ3n) is 0.231. The molecule has 7 heavy (non-hydrogen) atoms. The van der Waals surface area contributed by atoms with Crippen LogP contribution < -0.4 is 0 Å². The minimum absolute atomic E-state index is 0. The maximum Gasteiger partial charge on any atom is -0.358 e. The fraction of sp³-hybridized carbons (Fsp3) is 0.600. The Morgan fingerprint density at radius 2 is 1.43 bits per heavy atom. The van der Waals surface area contributed by atoms with E-state index in [1.54, 1.807) is 0 Å². The largest absolute Gasteiger partial charge is 0.358 e. The Kier molecular flexibility index (Phi) is 21.8. The van der Waals surface area contributed by atoms with E-state index in [2.05, 4.69) is 17.2 Å². The Morgan fingerprint density at radius 3 is 1.43 bits per heavy atom. The quantitative estimate of drug-likeness (QED) is 0.432. The fourth-order valence-corrected chi connectivity index (χ4v) is 0. The van der Waals surface area contributed by atoms with E-state index in [1.165, 1.54) is 20.9 Å². The Hall–Kier alpha value is 0.540. The summed E-state index contributed by atoms with van der Waals surface area (Å²) >= 11 is 1.53. The number of nitrogens with zero attached hydrogens (tertiary/aromatic N) is 1. The van der Waals surface area contributed by atoms with Gasteiger partial charge in [-0.15, -0.1) is 0 Å². The third kappa shape index (κ3) is 20.9. The van der Waals surface area contributed by atoms with Crippen molar-refractivity contribution in [1.29, 1.82) is 0 Å². The molecule has 0 aromatic carbocycles. The van der Waals surface area contributed by atoms with Crippen LogP contribution >= 0.6 is 0 Å². The van der Waals surface area contributed by atoms with Crippen LogP contribution in [0.25, 0.3) is 0 Å². The zero-order valence-corrected chi connectivity index (χ0v) is 7.67. The molecule has 0 saturated heterocycles. The summed E-state index contributed by atoms with van der Waals surface area (Å²) in [7, 11) is 0. The molecule has 2 heteroatoms. The van der Waals surface area contributed by atoms with E-state index in [0.717, 1.165) is 0 Å². The SMILES string of the molecule is CC(C)[N]=[Nb].[CH3-].[CH3-]. The van der Waals surface area contributed by atoms with Gasteiger partial charge in [-0.05, 0) is 0 Å². The molecule has 0 aliphatic heterocycles. The molecule has 0 fully saturated rings. The first-order chi connectivity index (χ1) is 2.27. The summed E-state index contributed by atoms with van der Waals surface area (Å²) in [5.74, 6) is 0. The van der Waals surface area contributed by atoms with Crippen molar-refractivity contribution < 1.29 is 20.9 Å². The van der Waals surface area contributed by atoms with Crippen molar-refractivity contribution in [2.75, 3.05) is 0 Å². The standard InChI is InChI=1S/C3H7N.2CH3.Nb/c1-3(2)4;;;/h3H,1-2H3;2*1H3;/q;2*-1;. The van der Waals surface area contributed by atoms with Crippen LogP contribution in [0, 0.1) is 14.9 Å². The third-order valence-corrected chi connectivity index (χ3v) is 1.37. The van der Waals surface area contributed by atoms with Crippen LogP contribution in [0.2, 0.25) is 0 Å². The Balaban J connectivity index is -0.0000000800. The fourth-order valence-electron chi connectivity index (χ4n) is 0. The van der Waals surface area contributed by atoms with Gasteiger partial charge in [-0.25, -0.2) is 0 Å². The molecule has 0 aromatic heterocycles. The zero-order valence-electron chi connectivity index (χ0n) is 5.47. The Labute approximate surface area is 59.3 Å². The summed E-state index contributed by atoms with van der Waals surface area (Å²) in [5, 5.41) is 0. The summed E-state index contributed by atoms with van der Waals surface area (Å²) in [4.78, 5) is 0. The normalized spacial score (nSPS) is 6.00. The number of rotatable bonds is 1. The minimum atomic E-state index is 0. The van der Waals surface area contributed by atoms with E-state index in [1.807, 2.05) is 0 Å². The molecule has 0 spiro atoms. The molecule has 0 saturated carbocycles. The van der Waals surface area contributed by atoms with Crippen molar-refractivity contribution in [3.05, 3.63) is 14.9 Å². The van der Waals surface area contributed by atoms with E-state index >= 15 is 0 Å². The second-order valence-electron chi connectivity index (χ2n) is 1.21. The minimum Gasteiger partial charge on any atom is -0.358 e. The van der Waals surface area contributed by atoms with Gasteiger partial charge in [0.25, 0.3) is 0 Å².